The summed E-state index contributed by atoms with van der Waals surface area (Å²) in [5, 5.41) is 5.13. The average Bonchev–Trinajstić information content (AvgIpc) is 3.10. The minimum Gasteiger partial charge on any atom is -0.492 e. The van der Waals surface area contributed by atoms with Crippen molar-refractivity contribution in [3.63, 3.8) is 0 Å². The summed E-state index contributed by atoms with van der Waals surface area (Å²) in [6.45, 7) is 4.70. The smallest absolute Gasteiger partial charge is 0.130 e. The van der Waals surface area contributed by atoms with E-state index in [0.29, 0.717) is 21.7 Å². The van der Waals surface area contributed by atoms with Crippen molar-refractivity contribution in [1.29, 1.82) is 0 Å². The monoisotopic (exact) mass is 445 g/mol. The lowest BCUT2D eigenvalue weighted by atomic mass is 9.91. The van der Waals surface area contributed by atoms with Gasteiger partial charge >= 0.3 is 0 Å². The molecule has 0 spiro atoms. The molecule has 0 aromatic heterocycles. The summed E-state index contributed by atoms with van der Waals surface area (Å²) in [7, 11) is 0. The summed E-state index contributed by atoms with van der Waals surface area (Å²) in [6.07, 6.45) is 1.10. The molecule has 0 aliphatic carbocycles. The Kier molecular flexibility index (Phi) is 6.36. The van der Waals surface area contributed by atoms with Gasteiger partial charge in [-0.1, -0.05) is 72.1 Å². The van der Waals surface area contributed by atoms with E-state index in [4.69, 9.17) is 39.5 Å². The van der Waals surface area contributed by atoms with E-state index < -0.39 is 0 Å². The van der Waals surface area contributed by atoms with Crippen LogP contribution in [0, 0.1) is 0 Å². The van der Waals surface area contributed by atoms with Crippen molar-refractivity contribution in [2.24, 2.45) is 0 Å². The van der Waals surface area contributed by atoms with Crippen LogP contribution in [-0.4, -0.2) is 19.7 Å². The minimum absolute atomic E-state index is 0.281. The van der Waals surface area contributed by atoms with Crippen molar-refractivity contribution < 1.29 is 4.74 Å². The van der Waals surface area contributed by atoms with Crippen LogP contribution in [0.1, 0.15) is 24.8 Å². The molecule has 150 valence electrons. The Hall–Kier alpha value is -1.71. The Morgan fingerprint density at radius 2 is 1.69 bits per heavy atom. The highest BCUT2D eigenvalue weighted by Crippen LogP contribution is 2.47. The van der Waals surface area contributed by atoms with Crippen molar-refractivity contribution in [2.45, 2.75) is 19.3 Å². The Morgan fingerprint density at radius 1 is 0.966 bits per heavy atom. The van der Waals surface area contributed by atoms with Crippen molar-refractivity contribution in [3.05, 3.63) is 75.2 Å². The molecule has 4 rings (SSSR count). The largest absolute Gasteiger partial charge is 0.492 e. The molecule has 0 saturated carbocycles. The highest BCUT2D eigenvalue weighted by molar-refractivity contribution is 6.41. The van der Waals surface area contributed by atoms with E-state index in [1.807, 2.05) is 18.2 Å². The van der Waals surface area contributed by atoms with Crippen LogP contribution in [0.15, 0.2) is 54.6 Å². The number of ether oxygens (including phenoxy) is 1. The zero-order valence-corrected chi connectivity index (χ0v) is 18.4. The van der Waals surface area contributed by atoms with Crippen molar-refractivity contribution >= 4 is 34.8 Å². The summed E-state index contributed by atoms with van der Waals surface area (Å²) < 4.78 is 6.17. The van der Waals surface area contributed by atoms with E-state index in [1.165, 1.54) is 5.56 Å². The fraction of sp³-hybridized carbons (Fsp3) is 0.250. The number of hydrogen-bond acceptors (Lipinski definition) is 2. The Labute approximate surface area is 186 Å². The lowest BCUT2D eigenvalue weighted by Gasteiger charge is -2.16. The first-order valence-corrected chi connectivity index (χ1v) is 10.9. The summed E-state index contributed by atoms with van der Waals surface area (Å²) in [6, 6.07) is 18.0. The van der Waals surface area contributed by atoms with Crippen LogP contribution in [0.25, 0.3) is 22.3 Å². The zero-order valence-electron chi connectivity index (χ0n) is 16.1. The molecule has 0 unspecified atom stereocenters. The summed E-state index contributed by atoms with van der Waals surface area (Å²) in [5.74, 6) is 1.23. The fourth-order valence-electron chi connectivity index (χ4n) is 3.81. The first kappa shape index (κ1) is 20.6. The maximum absolute atomic E-state index is 6.54. The second-order valence-corrected chi connectivity index (χ2v) is 8.52. The van der Waals surface area contributed by atoms with Crippen LogP contribution in [0.3, 0.4) is 0 Å². The summed E-state index contributed by atoms with van der Waals surface area (Å²) in [4.78, 5) is 0. The van der Waals surface area contributed by atoms with Crippen LogP contribution >= 0.6 is 34.8 Å². The van der Waals surface area contributed by atoms with Crippen molar-refractivity contribution in [2.75, 3.05) is 19.7 Å². The van der Waals surface area contributed by atoms with Crippen molar-refractivity contribution in [3.8, 4) is 28.0 Å². The third kappa shape index (κ3) is 4.27. The van der Waals surface area contributed by atoms with Gasteiger partial charge in [-0.25, -0.2) is 0 Å². The Balaban J connectivity index is 1.87. The first-order chi connectivity index (χ1) is 14.1. The van der Waals surface area contributed by atoms with Gasteiger partial charge in [-0.05, 0) is 48.4 Å². The molecule has 3 aromatic carbocycles. The Morgan fingerprint density at radius 3 is 2.38 bits per heavy atom. The quantitative estimate of drug-likeness (QED) is 0.397. The molecule has 1 aliphatic rings. The molecular weight excluding hydrogens is 425 g/mol. The maximum Gasteiger partial charge on any atom is 0.130 e. The van der Waals surface area contributed by atoms with Gasteiger partial charge in [0, 0.05) is 34.2 Å². The molecule has 2 nitrogen and oxygen atoms in total. The van der Waals surface area contributed by atoms with Gasteiger partial charge in [0.05, 0.1) is 16.7 Å². The molecule has 1 N–H and O–H groups in total. The van der Waals surface area contributed by atoms with Gasteiger partial charge in [-0.2, -0.15) is 0 Å². The Bertz CT molecular complexity index is 997. The van der Waals surface area contributed by atoms with Crippen LogP contribution < -0.4 is 10.1 Å². The molecule has 0 bridgehead atoms. The van der Waals surface area contributed by atoms with Gasteiger partial charge in [0.25, 0.3) is 0 Å². The first-order valence-electron chi connectivity index (χ1n) is 9.80. The van der Waals surface area contributed by atoms with Gasteiger partial charge in [0.15, 0.2) is 0 Å². The molecule has 1 aliphatic heterocycles. The number of nitrogens with one attached hydrogen (secondary N) is 1. The molecule has 3 aromatic rings. The number of fused-ring (bicyclic) bond motifs is 1. The molecule has 1 heterocycles. The van der Waals surface area contributed by atoms with Gasteiger partial charge < -0.3 is 10.1 Å². The second kappa shape index (κ2) is 8.97. The van der Waals surface area contributed by atoms with Gasteiger partial charge in [-0.15, -0.1) is 0 Å². The van der Waals surface area contributed by atoms with E-state index in [9.17, 15) is 0 Å². The molecule has 0 radical (unpaired) electrons. The van der Waals surface area contributed by atoms with E-state index >= 15 is 0 Å². The fourth-order valence-corrected chi connectivity index (χ4v) is 4.84. The SMILES string of the molecule is CCCNC[C@@H]1COc2c(-c3ccccc3)cc(-c3c(Cl)cc(Cl)cc3Cl)cc21. The van der Waals surface area contributed by atoms with E-state index in [0.717, 1.165) is 47.5 Å². The third-order valence-corrected chi connectivity index (χ3v) is 6.00. The van der Waals surface area contributed by atoms with Crippen LogP contribution in [0.5, 0.6) is 5.75 Å². The number of hydrogen-bond donors (Lipinski definition) is 1. The van der Waals surface area contributed by atoms with Crippen LogP contribution in [0.2, 0.25) is 15.1 Å². The lowest BCUT2D eigenvalue weighted by molar-refractivity contribution is 0.327. The van der Waals surface area contributed by atoms with Gasteiger partial charge in [0.1, 0.15) is 5.75 Å². The number of halogens is 3. The topological polar surface area (TPSA) is 21.3 Å². The summed E-state index contributed by atoms with van der Waals surface area (Å²) in [5.41, 5.74) is 5.12. The van der Waals surface area contributed by atoms with Crippen molar-refractivity contribution in [1.82, 2.24) is 5.32 Å². The predicted molar refractivity (Wildman–Crippen MR) is 124 cm³/mol. The highest BCUT2D eigenvalue weighted by atomic mass is 35.5. The molecule has 0 saturated heterocycles. The molecule has 0 amide bonds. The number of rotatable bonds is 6. The zero-order chi connectivity index (χ0) is 20.4. The highest BCUT2D eigenvalue weighted by Gasteiger charge is 2.28. The molecule has 5 heteroatoms. The van der Waals surface area contributed by atoms with Gasteiger partial charge in [-0.3, -0.25) is 0 Å². The molecule has 1 atom stereocenters. The lowest BCUT2D eigenvalue weighted by Crippen LogP contribution is -2.23. The average molecular weight is 447 g/mol. The van der Waals surface area contributed by atoms with E-state index in [2.05, 4.69) is 36.5 Å². The maximum atomic E-state index is 6.54. The van der Waals surface area contributed by atoms with Crippen LogP contribution in [0.4, 0.5) is 0 Å². The molecular formula is C24H22Cl3NO. The summed E-state index contributed by atoms with van der Waals surface area (Å²) >= 11 is 19.2. The minimum atomic E-state index is 0.281. The normalized spacial score (nSPS) is 15.2. The standard InChI is InChI=1S/C24H22Cl3NO/c1-2-8-28-13-17-14-29-24-19(15-6-4-3-5-7-15)9-16(10-20(17)24)23-21(26)11-18(25)12-22(23)27/h3-7,9-12,17,28H,2,8,13-14H2,1H3/t17-/m1/s1. The second-order valence-electron chi connectivity index (χ2n) is 7.26. The number of benzene rings is 3. The third-order valence-electron chi connectivity index (χ3n) is 5.18. The molecule has 0 fully saturated rings. The molecule has 29 heavy (non-hydrogen) atoms. The van der Waals surface area contributed by atoms with Crippen LogP contribution in [-0.2, 0) is 0 Å². The van der Waals surface area contributed by atoms with E-state index in [-0.39, 0.29) is 5.92 Å². The van der Waals surface area contributed by atoms with E-state index in [1.54, 1.807) is 12.1 Å². The van der Waals surface area contributed by atoms with Gasteiger partial charge in [0.2, 0.25) is 0 Å². The predicted octanol–water partition coefficient (Wildman–Crippen LogP) is 7.46.